The first-order valence-electron chi connectivity index (χ1n) is 9.89. The van der Waals surface area contributed by atoms with Crippen LogP contribution in [-0.4, -0.2) is 0 Å². The second-order valence-corrected chi connectivity index (χ2v) is 9.10. The van der Waals surface area contributed by atoms with Crippen LogP contribution in [0.5, 0.6) is 0 Å². The highest BCUT2D eigenvalue weighted by Gasteiger charge is 2.43. The van der Waals surface area contributed by atoms with Crippen LogP contribution in [0.3, 0.4) is 0 Å². The van der Waals surface area contributed by atoms with Crippen molar-refractivity contribution in [2.75, 3.05) is 0 Å². The number of benzene rings is 1. The predicted molar refractivity (Wildman–Crippen MR) is 92.2 cm³/mol. The quantitative estimate of drug-likeness (QED) is 0.615. The van der Waals surface area contributed by atoms with Gasteiger partial charge in [0.25, 0.3) is 0 Å². The standard InChI is InChI=1S/C22H30/c1-2-20(22-14-8-18(9-15-22)10-16-22)4-3-19(1)21-11-5-17(6-12-21)7-13-21/h1-4,17-18H,5-16H2. The molecule has 0 unspecified atom stereocenters. The van der Waals surface area contributed by atoms with E-state index in [-0.39, 0.29) is 0 Å². The Morgan fingerprint density at radius 3 is 1.05 bits per heavy atom. The van der Waals surface area contributed by atoms with Crippen molar-refractivity contribution in [2.45, 2.75) is 87.9 Å². The van der Waals surface area contributed by atoms with Crippen LogP contribution in [0, 0.1) is 11.8 Å². The fraction of sp³-hybridized carbons (Fsp3) is 0.727. The predicted octanol–water partition coefficient (Wildman–Crippen LogP) is 6.13. The van der Waals surface area contributed by atoms with Crippen molar-refractivity contribution in [3.8, 4) is 0 Å². The first-order chi connectivity index (χ1) is 10.8. The zero-order chi connectivity index (χ0) is 14.6. The molecule has 0 N–H and O–H groups in total. The Labute approximate surface area is 135 Å². The third-order valence-corrected chi connectivity index (χ3v) is 8.30. The first kappa shape index (κ1) is 13.6. The van der Waals surface area contributed by atoms with Gasteiger partial charge in [-0.2, -0.15) is 0 Å². The van der Waals surface area contributed by atoms with Crippen molar-refractivity contribution in [1.29, 1.82) is 0 Å². The van der Waals surface area contributed by atoms with Crippen molar-refractivity contribution < 1.29 is 0 Å². The second kappa shape index (κ2) is 4.86. The lowest BCUT2D eigenvalue weighted by Gasteiger charge is -2.48. The second-order valence-electron chi connectivity index (χ2n) is 9.10. The molecule has 0 heterocycles. The molecule has 0 atom stereocenters. The van der Waals surface area contributed by atoms with E-state index in [1.165, 1.54) is 77.0 Å². The molecule has 6 aliphatic carbocycles. The molecule has 0 nitrogen and oxygen atoms in total. The van der Waals surface area contributed by atoms with Gasteiger partial charge in [-0.25, -0.2) is 0 Å². The maximum atomic E-state index is 2.54. The summed E-state index contributed by atoms with van der Waals surface area (Å²) >= 11 is 0. The van der Waals surface area contributed by atoms with Crippen LogP contribution in [0.2, 0.25) is 0 Å². The van der Waals surface area contributed by atoms with Gasteiger partial charge in [0, 0.05) is 0 Å². The summed E-state index contributed by atoms with van der Waals surface area (Å²) in [5, 5.41) is 0. The molecular formula is C22H30. The topological polar surface area (TPSA) is 0 Å². The lowest BCUT2D eigenvalue weighted by molar-refractivity contribution is 0.133. The van der Waals surface area contributed by atoms with E-state index in [1.54, 1.807) is 11.1 Å². The van der Waals surface area contributed by atoms with Gasteiger partial charge < -0.3 is 0 Å². The van der Waals surface area contributed by atoms with Crippen molar-refractivity contribution >= 4 is 0 Å². The largest absolute Gasteiger partial charge is 0.0582 e. The van der Waals surface area contributed by atoms with Crippen LogP contribution < -0.4 is 0 Å². The van der Waals surface area contributed by atoms with Gasteiger partial charge in [-0.15, -0.1) is 0 Å². The number of rotatable bonds is 2. The van der Waals surface area contributed by atoms with Gasteiger partial charge in [0.2, 0.25) is 0 Å². The van der Waals surface area contributed by atoms with Crippen LogP contribution in [0.25, 0.3) is 0 Å². The van der Waals surface area contributed by atoms with Crippen LogP contribution >= 0.6 is 0 Å². The van der Waals surface area contributed by atoms with Gasteiger partial charge in [-0.3, -0.25) is 0 Å². The highest BCUT2D eigenvalue weighted by molar-refractivity contribution is 5.35. The minimum atomic E-state index is 0.565. The summed E-state index contributed by atoms with van der Waals surface area (Å²) < 4.78 is 0. The average Bonchev–Trinajstić information content (AvgIpc) is 2.65. The summed E-state index contributed by atoms with van der Waals surface area (Å²) in [6.07, 6.45) is 17.7. The monoisotopic (exact) mass is 294 g/mol. The summed E-state index contributed by atoms with van der Waals surface area (Å²) in [4.78, 5) is 0. The summed E-state index contributed by atoms with van der Waals surface area (Å²) in [5.74, 6) is 2.13. The Morgan fingerprint density at radius 2 is 0.773 bits per heavy atom. The van der Waals surface area contributed by atoms with Gasteiger partial charge in [0.1, 0.15) is 0 Å². The van der Waals surface area contributed by atoms with Crippen LogP contribution in [-0.2, 0) is 10.8 Å². The normalized spacial score (nSPS) is 43.5. The third kappa shape index (κ3) is 1.95. The smallest absolute Gasteiger partial charge is 0.00467 e. The van der Waals surface area contributed by atoms with E-state index in [0.717, 1.165) is 11.8 Å². The van der Waals surface area contributed by atoms with Crippen molar-refractivity contribution in [1.82, 2.24) is 0 Å². The van der Waals surface area contributed by atoms with E-state index < -0.39 is 0 Å². The van der Waals surface area contributed by atoms with Crippen molar-refractivity contribution in [3.63, 3.8) is 0 Å². The van der Waals surface area contributed by atoms with Gasteiger partial charge in [-0.1, -0.05) is 24.3 Å². The molecule has 1 aromatic rings. The molecule has 0 radical (unpaired) electrons. The van der Waals surface area contributed by atoms with E-state index in [1.807, 2.05) is 0 Å². The first-order valence-corrected chi connectivity index (χ1v) is 9.89. The molecule has 6 fully saturated rings. The van der Waals surface area contributed by atoms with Crippen LogP contribution in [0.15, 0.2) is 24.3 Å². The molecule has 0 saturated heterocycles. The third-order valence-electron chi connectivity index (χ3n) is 8.30. The van der Waals surface area contributed by atoms with E-state index in [4.69, 9.17) is 0 Å². The Kier molecular flexibility index (Phi) is 3.01. The molecule has 0 aliphatic heterocycles. The summed E-state index contributed by atoms with van der Waals surface area (Å²) in [6.45, 7) is 0. The number of fused-ring (bicyclic) bond motifs is 6. The number of hydrogen-bond acceptors (Lipinski definition) is 0. The van der Waals surface area contributed by atoms with E-state index in [9.17, 15) is 0 Å². The summed E-state index contributed by atoms with van der Waals surface area (Å²) in [7, 11) is 0. The molecule has 118 valence electrons. The molecule has 0 amide bonds. The van der Waals surface area contributed by atoms with E-state index in [2.05, 4.69) is 24.3 Å². The average molecular weight is 294 g/mol. The SMILES string of the molecule is c1cc(C23CCC(CC2)CC3)ccc1C12CCC(CC1)CC2. The molecular weight excluding hydrogens is 264 g/mol. The zero-order valence-corrected chi connectivity index (χ0v) is 13.9. The maximum absolute atomic E-state index is 2.54. The molecule has 7 rings (SSSR count). The van der Waals surface area contributed by atoms with Gasteiger partial charge in [0.15, 0.2) is 0 Å². The Morgan fingerprint density at radius 1 is 0.500 bits per heavy atom. The summed E-state index contributed by atoms with van der Waals surface area (Å²) in [5.41, 5.74) is 4.48. The molecule has 0 spiro atoms. The van der Waals surface area contributed by atoms with E-state index in [0.29, 0.717) is 10.8 Å². The molecule has 1 aromatic carbocycles. The van der Waals surface area contributed by atoms with Crippen molar-refractivity contribution in [2.24, 2.45) is 11.8 Å². The van der Waals surface area contributed by atoms with Crippen LogP contribution in [0.4, 0.5) is 0 Å². The minimum absolute atomic E-state index is 0.565. The Balaban J connectivity index is 1.43. The highest BCUT2D eigenvalue weighted by atomic mass is 14.5. The Hall–Kier alpha value is -0.780. The van der Waals surface area contributed by atoms with Gasteiger partial charge >= 0.3 is 0 Å². The molecule has 6 saturated carbocycles. The van der Waals surface area contributed by atoms with Crippen LogP contribution in [0.1, 0.15) is 88.2 Å². The Bertz CT molecular complexity index is 457. The molecule has 0 heteroatoms. The molecule has 0 aromatic heterocycles. The fourth-order valence-electron chi connectivity index (χ4n) is 6.54. The summed E-state index contributed by atoms with van der Waals surface area (Å²) in [6, 6.07) is 10.2. The lowest BCUT2D eigenvalue weighted by atomic mass is 9.56. The molecule has 22 heavy (non-hydrogen) atoms. The van der Waals surface area contributed by atoms with Crippen molar-refractivity contribution in [3.05, 3.63) is 35.4 Å². The molecule has 4 bridgehead atoms. The van der Waals surface area contributed by atoms with Gasteiger partial charge in [0.05, 0.1) is 0 Å². The highest BCUT2D eigenvalue weighted by Crippen LogP contribution is 2.54. The fourth-order valence-corrected chi connectivity index (χ4v) is 6.54. The minimum Gasteiger partial charge on any atom is -0.0582 e. The number of hydrogen-bond donors (Lipinski definition) is 0. The maximum Gasteiger partial charge on any atom is -0.00467 e. The van der Waals surface area contributed by atoms with E-state index >= 15 is 0 Å². The molecule has 6 aliphatic rings. The van der Waals surface area contributed by atoms with Gasteiger partial charge in [-0.05, 0) is 111 Å². The zero-order valence-electron chi connectivity index (χ0n) is 13.9. The lowest BCUT2D eigenvalue weighted by Crippen LogP contribution is -2.39.